The van der Waals surface area contributed by atoms with Gasteiger partial charge in [-0.3, -0.25) is 10.0 Å². The Morgan fingerprint density at radius 1 is 1.28 bits per heavy atom. The zero-order valence-electron chi connectivity index (χ0n) is 10.0. The standard InChI is InChI=1S/C14H14N4/c15-7-11-8-16-10-18(9-11)17-14-5-12-3-1-2-4-13(12)6-14/h1-4,8-9,14,17H,5-6,10H2. The third kappa shape index (κ3) is 2.13. The maximum atomic E-state index is 8.85. The molecule has 90 valence electrons. The molecular weight excluding hydrogens is 224 g/mol. The van der Waals surface area contributed by atoms with E-state index in [1.54, 1.807) is 6.21 Å². The van der Waals surface area contributed by atoms with Crippen molar-refractivity contribution in [2.24, 2.45) is 4.99 Å². The number of hydrogen-bond acceptors (Lipinski definition) is 4. The van der Waals surface area contributed by atoms with Gasteiger partial charge in [-0.15, -0.1) is 0 Å². The number of benzene rings is 1. The van der Waals surface area contributed by atoms with Gasteiger partial charge in [-0.2, -0.15) is 5.26 Å². The Morgan fingerprint density at radius 3 is 2.67 bits per heavy atom. The van der Waals surface area contributed by atoms with Crippen LogP contribution in [0.5, 0.6) is 0 Å². The van der Waals surface area contributed by atoms with Crippen molar-refractivity contribution in [1.29, 1.82) is 5.26 Å². The van der Waals surface area contributed by atoms with Crippen LogP contribution < -0.4 is 5.43 Å². The zero-order valence-corrected chi connectivity index (χ0v) is 10.0. The van der Waals surface area contributed by atoms with Crippen molar-refractivity contribution >= 4 is 6.21 Å². The van der Waals surface area contributed by atoms with Crippen LogP contribution in [0.4, 0.5) is 0 Å². The van der Waals surface area contributed by atoms with E-state index in [1.807, 2.05) is 11.2 Å². The molecule has 0 radical (unpaired) electrons. The van der Waals surface area contributed by atoms with Gasteiger partial charge in [0.05, 0.1) is 5.57 Å². The van der Waals surface area contributed by atoms with Gasteiger partial charge in [-0.1, -0.05) is 24.3 Å². The van der Waals surface area contributed by atoms with Gasteiger partial charge in [-0.05, 0) is 24.0 Å². The first kappa shape index (κ1) is 11.0. The molecule has 1 N–H and O–H groups in total. The molecule has 18 heavy (non-hydrogen) atoms. The third-order valence-electron chi connectivity index (χ3n) is 3.29. The summed E-state index contributed by atoms with van der Waals surface area (Å²) in [7, 11) is 0. The fraction of sp³-hybridized carbons (Fsp3) is 0.286. The van der Waals surface area contributed by atoms with Gasteiger partial charge < -0.3 is 0 Å². The van der Waals surface area contributed by atoms with E-state index < -0.39 is 0 Å². The molecule has 0 bridgehead atoms. The summed E-state index contributed by atoms with van der Waals surface area (Å²) in [5.41, 5.74) is 6.84. The lowest BCUT2D eigenvalue weighted by Gasteiger charge is -2.25. The molecule has 2 aliphatic rings. The highest BCUT2D eigenvalue weighted by Crippen LogP contribution is 2.22. The van der Waals surface area contributed by atoms with Gasteiger partial charge in [0.2, 0.25) is 0 Å². The summed E-state index contributed by atoms with van der Waals surface area (Å²) in [4.78, 5) is 4.15. The van der Waals surface area contributed by atoms with Crippen LogP contribution in [0.15, 0.2) is 41.0 Å². The Hall–Kier alpha value is -2.12. The normalized spacial score (nSPS) is 18.4. The quantitative estimate of drug-likeness (QED) is 0.847. The van der Waals surface area contributed by atoms with Crippen LogP contribution >= 0.6 is 0 Å². The molecule has 1 heterocycles. The second-order valence-corrected chi connectivity index (χ2v) is 4.62. The van der Waals surface area contributed by atoms with Crippen molar-refractivity contribution in [3.8, 4) is 6.07 Å². The Kier molecular flexibility index (Phi) is 2.83. The van der Waals surface area contributed by atoms with E-state index >= 15 is 0 Å². The SMILES string of the molecule is N#CC1=CN(NC2Cc3ccccc3C2)CN=C1. The summed E-state index contributed by atoms with van der Waals surface area (Å²) in [5.74, 6) is 0. The highest BCUT2D eigenvalue weighted by Gasteiger charge is 2.22. The lowest BCUT2D eigenvalue weighted by molar-refractivity contribution is 0.234. The first-order valence-electron chi connectivity index (χ1n) is 6.06. The number of allylic oxidation sites excluding steroid dienone is 1. The Labute approximate surface area is 106 Å². The largest absolute Gasteiger partial charge is 0.293 e. The second-order valence-electron chi connectivity index (χ2n) is 4.62. The molecule has 0 spiro atoms. The number of nitrogens with zero attached hydrogens (tertiary/aromatic N) is 3. The Bertz CT molecular complexity index is 528. The molecule has 0 unspecified atom stereocenters. The minimum atomic E-state index is 0.395. The van der Waals surface area contributed by atoms with Gasteiger partial charge in [-0.25, -0.2) is 5.43 Å². The topological polar surface area (TPSA) is 51.4 Å². The van der Waals surface area contributed by atoms with Gasteiger partial charge in [0.15, 0.2) is 0 Å². The predicted molar refractivity (Wildman–Crippen MR) is 69.7 cm³/mol. The lowest BCUT2D eigenvalue weighted by Crippen LogP contribution is -2.43. The minimum absolute atomic E-state index is 0.395. The molecule has 1 aliphatic heterocycles. The number of nitrogens with one attached hydrogen (secondary N) is 1. The summed E-state index contributed by atoms with van der Waals surface area (Å²) in [6.45, 7) is 0.567. The van der Waals surface area contributed by atoms with Gasteiger partial charge in [0.1, 0.15) is 12.7 Å². The molecule has 1 aromatic carbocycles. The maximum Gasteiger partial charge on any atom is 0.124 e. The molecule has 3 rings (SSSR count). The molecule has 0 amide bonds. The van der Waals surface area contributed by atoms with Crippen molar-refractivity contribution < 1.29 is 0 Å². The molecule has 4 heteroatoms. The van der Waals surface area contributed by atoms with E-state index in [2.05, 4.69) is 40.8 Å². The van der Waals surface area contributed by atoms with Crippen LogP contribution in [0.3, 0.4) is 0 Å². The van der Waals surface area contributed by atoms with Crippen molar-refractivity contribution in [1.82, 2.24) is 10.4 Å². The summed E-state index contributed by atoms with van der Waals surface area (Å²) in [6, 6.07) is 11.0. The van der Waals surface area contributed by atoms with Gasteiger partial charge in [0, 0.05) is 18.5 Å². The molecule has 4 nitrogen and oxygen atoms in total. The Morgan fingerprint density at radius 2 is 2.00 bits per heavy atom. The van der Waals surface area contributed by atoms with E-state index in [1.165, 1.54) is 11.1 Å². The first-order valence-corrected chi connectivity index (χ1v) is 6.06. The van der Waals surface area contributed by atoms with Crippen LogP contribution in [0.1, 0.15) is 11.1 Å². The second kappa shape index (κ2) is 4.63. The minimum Gasteiger partial charge on any atom is -0.293 e. The molecule has 1 aromatic rings. The van der Waals surface area contributed by atoms with Gasteiger partial charge >= 0.3 is 0 Å². The Balaban J connectivity index is 1.65. The van der Waals surface area contributed by atoms with Crippen molar-refractivity contribution in [3.05, 3.63) is 47.2 Å². The molecule has 0 fully saturated rings. The number of fused-ring (bicyclic) bond motifs is 1. The van der Waals surface area contributed by atoms with Crippen LogP contribution in [0, 0.1) is 11.3 Å². The highest BCUT2D eigenvalue weighted by molar-refractivity contribution is 5.83. The third-order valence-corrected chi connectivity index (χ3v) is 3.29. The first-order chi connectivity index (χ1) is 8.85. The zero-order chi connectivity index (χ0) is 12.4. The van der Waals surface area contributed by atoms with Crippen LogP contribution in [0.25, 0.3) is 0 Å². The van der Waals surface area contributed by atoms with Crippen molar-refractivity contribution in [2.45, 2.75) is 18.9 Å². The van der Waals surface area contributed by atoms with E-state index in [-0.39, 0.29) is 0 Å². The van der Waals surface area contributed by atoms with E-state index in [0.717, 1.165) is 12.8 Å². The highest BCUT2D eigenvalue weighted by atomic mass is 15.5. The number of nitriles is 1. The molecular formula is C14H14N4. The van der Waals surface area contributed by atoms with Crippen LogP contribution in [-0.4, -0.2) is 23.9 Å². The number of rotatable bonds is 2. The predicted octanol–water partition coefficient (Wildman–Crippen LogP) is 1.41. The van der Waals surface area contributed by atoms with Crippen molar-refractivity contribution in [2.75, 3.05) is 6.67 Å². The smallest absolute Gasteiger partial charge is 0.124 e. The van der Waals surface area contributed by atoms with E-state index in [0.29, 0.717) is 18.3 Å². The average Bonchev–Trinajstić information content (AvgIpc) is 2.81. The van der Waals surface area contributed by atoms with E-state index in [9.17, 15) is 0 Å². The number of aliphatic imine (C=N–C) groups is 1. The molecule has 0 saturated heterocycles. The summed E-state index contributed by atoms with van der Waals surface area (Å²) < 4.78 is 0. The van der Waals surface area contributed by atoms with Crippen molar-refractivity contribution in [3.63, 3.8) is 0 Å². The summed E-state index contributed by atoms with van der Waals surface area (Å²) >= 11 is 0. The number of hydrazine groups is 1. The maximum absolute atomic E-state index is 8.85. The fourth-order valence-corrected chi connectivity index (χ4v) is 2.49. The van der Waals surface area contributed by atoms with Crippen LogP contribution in [0.2, 0.25) is 0 Å². The summed E-state index contributed by atoms with van der Waals surface area (Å²) in [5, 5.41) is 10.7. The van der Waals surface area contributed by atoms with Crippen LogP contribution in [-0.2, 0) is 12.8 Å². The molecule has 0 atom stereocenters. The fourth-order valence-electron chi connectivity index (χ4n) is 2.49. The molecule has 1 aliphatic carbocycles. The number of hydrogen-bond donors (Lipinski definition) is 1. The lowest BCUT2D eigenvalue weighted by atomic mass is 10.1. The van der Waals surface area contributed by atoms with E-state index in [4.69, 9.17) is 5.26 Å². The summed E-state index contributed by atoms with van der Waals surface area (Å²) in [6.07, 6.45) is 5.50. The monoisotopic (exact) mass is 238 g/mol. The average molecular weight is 238 g/mol. The van der Waals surface area contributed by atoms with Gasteiger partial charge in [0.25, 0.3) is 0 Å². The molecule has 0 saturated carbocycles. The molecule has 0 aromatic heterocycles.